The summed E-state index contributed by atoms with van der Waals surface area (Å²) < 4.78 is 12.9. The van der Waals surface area contributed by atoms with E-state index in [1.807, 2.05) is 6.92 Å². The van der Waals surface area contributed by atoms with Gasteiger partial charge in [-0.05, 0) is 49.4 Å². The van der Waals surface area contributed by atoms with Gasteiger partial charge in [-0.3, -0.25) is 9.59 Å². The molecule has 0 bridgehead atoms. The zero-order chi connectivity index (χ0) is 15.9. The van der Waals surface area contributed by atoms with E-state index in [0.717, 1.165) is 25.8 Å². The van der Waals surface area contributed by atoms with Crippen LogP contribution in [-0.4, -0.2) is 36.3 Å². The molecule has 1 heterocycles. The third-order valence-corrected chi connectivity index (χ3v) is 3.96. The number of halogens is 1. The van der Waals surface area contributed by atoms with Gasteiger partial charge in [-0.1, -0.05) is 6.92 Å². The van der Waals surface area contributed by atoms with E-state index < -0.39 is 0 Å². The highest BCUT2D eigenvalue weighted by atomic mass is 19.1. The van der Waals surface area contributed by atoms with Crippen LogP contribution in [0.2, 0.25) is 0 Å². The van der Waals surface area contributed by atoms with Gasteiger partial charge in [0.2, 0.25) is 5.91 Å². The minimum absolute atomic E-state index is 0.0652. The van der Waals surface area contributed by atoms with E-state index in [0.29, 0.717) is 31.0 Å². The second-order valence-corrected chi connectivity index (χ2v) is 5.82. The standard InChI is InChI=1S/C17H23FN2O2/c1-2-4-16(21)19-11-13-5-3-10-20(12-13)17(22)14-6-8-15(18)9-7-14/h6-9,13H,2-5,10-12H2,1H3,(H,19,21)/t13-/m0/s1. The van der Waals surface area contributed by atoms with Crippen molar-refractivity contribution in [2.45, 2.75) is 32.6 Å². The van der Waals surface area contributed by atoms with Gasteiger partial charge in [0.25, 0.3) is 5.91 Å². The van der Waals surface area contributed by atoms with E-state index in [2.05, 4.69) is 5.32 Å². The molecule has 120 valence electrons. The summed E-state index contributed by atoms with van der Waals surface area (Å²) in [6.45, 7) is 3.95. The number of nitrogens with one attached hydrogen (secondary N) is 1. The van der Waals surface area contributed by atoms with Crippen molar-refractivity contribution >= 4 is 11.8 Å². The molecule has 1 saturated heterocycles. The number of carbonyl (C=O) groups is 2. The van der Waals surface area contributed by atoms with Gasteiger partial charge in [0, 0.05) is 31.6 Å². The Balaban J connectivity index is 1.88. The lowest BCUT2D eigenvalue weighted by atomic mass is 9.97. The monoisotopic (exact) mass is 306 g/mol. The quantitative estimate of drug-likeness (QED) is 0.909. The van der Waals surface area contributed by atoms with Crippen LogP contribution in [0.3, 0.4) is 0 Å². The molecule has 1 aromatic carbocycles. The first-order chi connectivity index (χ1) is 10.6. The number of nitrogens with zero attached hydrogens (tertiary/aromatic N) is 1. The van der Waals surface area contributed by atoms with Crippen LogP contribution in [0.15, 0.2) is 24.3 Å². The van der Waals surface area contributed by atoms with E-state index in [1.165, 1.54) is 24.3 Å². The Morgan fingerprint density at radius 2 is 2.05 bits per heavy atom. The van der Waals surface area contributed by atoms with Crippen molar-refractivity contribution in [3.63, 3.8) is 0 Å². The predicted molar refractivity (Wildman–Crippen MR) is 82.9 cm³/mol. The number of rotatable bonds is 5. The lowest BCUT2D eigenvalue weighted by Gasteiger charge is -2.33. The number of likely N-dealkylation sites (tertiary alicyclic amines) is 1. The van der Waals surface area contributed by atoms with Crippen LogP contribution in [0.4, 0.5) is 4.39 Å². The van der Waals surface area contributed by atoms with Crippen LogP contribution in [0.5, 0.6) is 0 Å². The summed E-state index contributed by atoms with van der Waals surface area (Å²) in [4.78, 5) is 25.7. The summed E-state index contributed by atoms with van der Waals surface area (Å²) in [7, 11) is 0. The number of hydrogen-bond acceptors (Lipinski definition) is 2. The molecule has 1 aliphatic rings. The average Bonchev–Trinajstić information content (AvgIpc) is 2.53. The highest BCUT2D eigenvalue weighted by Gasteiger charge is 2.24. The minimum atomic E-state index is -0.341. The molecular weight excluding hydrogens is 283 g/mol. The lowest BCUT2D eigenvalue weighted by Crippen LogP contribution is -2.43. The Bertz CT molecular complexity index is 516. The zero-order valence-electron chi connectivity index (χ0n) is 13.0. The molecule has 1 fully saturated rings. The number of benzene rings is 1. The van der Waals surface area contributed by atoms with Gasteiger partial charge in [0.05, 0.1) is 0 Å². The molecule has 0 saturated carbocycles. The molecule has 0 spiro atoms. The topological polar surface area (TPSA) is 49.4 Å². The number of piperidine rings is 1. The second-order valence-electron chi connectivity index (χ2n) is 5.82. The smallest absolute Gasteiger partial charge is 0.253 e. The molecule has 1 aliphatic heterocycles. The largest absolute Gasteiger partial charge is 0.356 e. The van der Waals surface area contributed by atoms with E-state index in [-0.39, 0.29) is 17.6 Å². The third kappa shape index (κ3) is 4.55. The maximum atomic E-state index is 12.9. The van der Waals surface area contributed by atoms with Gasteiger partial charge in [-0.15, -0.1) is 0 Å². The summed E-state index contributed by atoms with van der Waals surface area (Å²) in [5, 5.41) is 2.93. The summed E-state index contributed by atoms with van der Waals surface area (Å²) in [6, 6.07) is 5.65. The molecule has 22 heavy (non-hydrogen) atoms. The van der Waals surface area contributed by atoms with Crippen molar-refractivity contribution in [1.82, 2.24) is 10.2 Å². The van der Waals surface area contributed by atoms with Gasteiger partial charge in [-0.2, -0.15) is 0 Å². The van der Waals surface area contributed by atoms with E-state index >= 15 is 0 Å². The third-order valence-electron chi connectivity index (χ3n) is 3.96. The van der Waals surface area contributed by atoms with Crippen molar-refractivity contribution < 1.29 is 14.0 Å². The molecule has 2 rings (SSSR count). The number of hydrogen-bond donors (Lipinski definition) is 1. The van der Waals surface area contributed by atoms with Crippen LogP contribution < -0.4 is 5.32 Å². The zero-order valence-corrected chi connectivity index (χ0v) is 13.0. The maximum absolute atomic E-state index is 12.9. The molecule has 1 N–H and O–H groups in total. The van der Waals surface area contributed by atoms with Gasteiger partial charge in [0.1, 0.15) is 5.82 Å². The highest BCUT2D eigenvalue weighted by Crippen LogP contribution is 2.18. The second kappa shape index (κ2) is 7.92. The van der Waals surface area contributed by atoms with Crippen LogP contribution in [0.1, 0.15) is 43.0 Å². The van der Waals surface area contributed by atoms with E-state index in [4.69, 9.17) is 0 Å². The molecule has 5 heteroatoms. The fourth-order valence-electron chi connectivity index (χ4n) is 2.76. The Morgan fingerprint density at radius 1 is 1.32 bits per heavy atom. The van der Waals surface area contributed by atoms with Crippen molar-refractivity contribution in [3.05, 3.63) is 35.6 Å². The fourth-order valence-corrected chi connectivity index (χ4v) is 2.76. The van der Waals surface area contributed by atoms with Crippen molar-refractivity contribution in [2.75, 3.05) is 19.6 Å². The van der Waals surface area contributed by atoms with Crippen molar-refractivity contribution in [1.29, 1.82) is 0 Å². The van der Waals surface area contributed by atoms with Gasteiger partial charge in [0.15, 0.2) is 0 Å². The fraction of sp³-hybridized carbons (Fsp3) is 0.529. The summed E-state index contributed by atoms with van der Waals surface area (Å²) in [5.74, 6) is -0.0419. The maximum Gasteiger partial charge on any atom is 0.253 e. The Morgan fingerprint density at radius 3 is 2.73 bits per heavy atom. The van der Waals surface area contributed by atoms with Gasteiger partial charge >= 0.3 is 0 Å². The molecule has 0 radical (unpaired) electrons. The SMILES string of the molecule is CCCC(=O)NC[C@@H]1CCCN(C(=O)c2ccc(F)cc2)C1. The van der Waals surface area contributed by atoms with Crippen LogP contribution in [0, 0.1) is 11.7 Å². The molecule has 4 nitrogen and oxygen atoms in total. The Labute approximate surface area is 130 Å². The highest BCUT2D eigenvalue weighted by molar-refractivity contribution is 5.94. The summed E-state index contributed by atoms with van der Waals surface area (Å²) in [6.07, 6.45) is 3.33. The molecular formula is C17H23FN2O2. The van der Waals surface area contributed by atoms with Crippen molar-refractivity contribution in [2.24, 2.45) is 5.92 Å². The molecule has 0 unspecified atom stereocenters. The van der Waals surface area contributed by atoms with E-state index in [1.54, 1.807) is 4.90 Å². The van der Waals surface area contributed by atoms with Gasteiger partial charge < -0.3 is 10.2 Å². The normalized spacial score (nSPS) is 18.1. The average molecular weight is 306 g/mol. The van der Waals surface area contributed by atoms with Crippen LogP contribution in [0.25, 0.3) is 0 Å². The molecule has 1 atom stereocenters. The molecule has 0 aromatic heterocycles. The first-order valence-corrected chi connectivity index (χ1v) is 7.91. The van der Waals surface area contributed by atoms with Crippen LogP contribution >= 0.6 is 0 Å². The van der Waals surface area contributed by atoms with E-state index in [9.17, 15) is 14.0 Å². The Kier molecular flexibility index (Phi) is 5.92. The Hall–Kier alpha value is -1.91. The lowest BCUT2D eigenvalue weighted by molar-refractivity contribution is -0.121. The first-order valence-electron chi connectivity index (χ1n) is 7.91. The van der Waals surface area contributed by atoms with Crippen molar-refractivity contribution in [3.8, 4) is 0 Å². The van der Waals surface area contributed by atoms with Gasteiger partial charge in [-0.25, -0.2) is 4.39 Å². The summed E-state index contributed by atoms with van der Waals surface area (Å²) in [5.41, 5.74) is 0.511. The molecule has 0 aliphatic carbocycles. The number of amides is 2. The number of carbonyl (C=O) groups excluding carboxylic acids is 2. The summed E-state index contributed by atoms with van der Waals surface area (Å²) >= 11 is 0. The predicted octanol–water partition coefficient (Wildman–Crippen LogP) is 2.59. The van der Waals surface area contributed by atoms with Crippen LogP contribution in [-0.2, 0) is 4.79 Å². The first kappa shape index (κ1) is 16.5. The minimum Gasteiger partial charge on any atom is -0.356 e. The molecule has 1 aromatic rings. The molecule has 2 amide bonds.